The fourth-order valence-corrected chi connectivity index (χ4v) is 1.93. The van der Waals surface area contributed by atoms with E-state index in [9.17, 15) is 0 Å². The van der Waals surface area contributed by atoms with E-state index in [0.717, 1.165) is 24.2 Å². The molecule has 0 spiro atoms. The van der Waals surface area contributed by atoms with Gasteiger partial charge in [0, 0.05) is 23.3 Å². The van der Waals surface area contributed by atoms with Crippen molar-refractivity contribution in [2.75, 3.05) is 22.9 Å². The van der Waals surface area contributed by atoms with Crippen LogP contribution in [0.25, 0.3) is 0 Å². The number of aromatic nitrogens is 2. The van der Waals surface area contributed by atoms with Gasteiger partial charge in [-0.1, -0.05) is 24.6 Å². The minimum absolute atomic E-state index is 0.230. The summed E-state index contributed by atoms with van der Waals surface area (Å²) in [5.74, 6) is 1.58. The topological polar surface area (TPSA) is 75.9 Å². The summed E-state index contributed by atoms with van der Waals surface area (Å²) in [6.45, 7) is 4.88. The fourth-order valence-electron chi connectivity index (χ4n) is 1.75. The van der Waals surface area contributed by atoms with Crippen LogP contribution in [-0.4, -0.2) is 16.5 Å². The molecule has 4 N–H and O–H groups in total. The summed E-state index contributed by atoms with van der Waals surface area (Å²) in [7, 11) is 0. The lowest BCUT2D eigenvalue weighted by Gasteiger charge is -2.12. The van der Waals surface area contributed by atoms with Gasteiger partial charge in [-0.3, -0.25) is 0 Å². The van der Waals surface area contributed by atoms with Gasteiger partial charge in [0.15, 0.2) is 0 Å². The highest BCUT2D eigenvalue weighted by Gasteiger charge is 2.06. The van der Waals surface area contributed by atoms with Crippen molar-refractivity contribution < 1.29 is 0 Å². The summed E-state index contributed by atoms with van der Waals surface area (Å²) >= 11 is 6.10. The molecule has 0 aliphatic rings. The molecule has 0 bridgehead atoms. The molecular weight excluding hydrogens is 274 g/mol. The third-order valence-corrected chi connectivity index (χ3v) is 3.24. The largest absolute Gasteiger partial charge is 0.370 e. The Morgan fingerprint density at radius 2 is 2.00 bits per heavy atom. The van der Waals surface area contributed by atoms with Crippen LogP contribution in [-0.2, 0) is 0 Å². The zero-order valence-corrected chi connectivity index (χ0v) is 12.3. The van der Waals surface area contributed by atoms with Crippen molar-refractivity contribution in [1.82, 2.24) is 9.97 Å². The zero-order chi connectivity index (χ0) is 14.5. The molecule has 6 heteroatoms. The Morgan fingerprint density at radius 1 is 1.25 bits per heavy atom. The summed E-state index contributed by atoms with van der Waals surface area (Å²) in [5.41, 5.74) is 7.59. The highest BCUT2D eigenvalue weighted by atomic mass is 35.5. The monoisotopic (exact) mass is 291 g/mol. The summed E-state index contributed by atoms with van der Waals surface area (Å²) in [5, 5.41) is 7.11. The molecule has 0 saturated heterocycles. The van der Waals surface area contributed by atoms with Crippen LogP contribution in [0.2, 0.25) is 5.02 Å². The molecule has 1 aromatic heterocycles. The first-order valence-corrected chi connectivity index (χ1v) is 6.88. The second-order valence-corrected chi connectivity index (χ2v) is 4.87. The van der Waals surface area contributed by atoms with Gasteiger partial charge in [-0.15, -0.1) is 0 Å². The average molecular weight is 292 g/mol. The van der Waals surface area contributed by atoms with Gasteiger partial charge in [0.2, 0.25) is 5.95 Å². The van der Waals surface area contributed by atoms with Gasteiger partial charge in [-0.2, -0.15) is 9.97 Å². The molecular formula is C14H18ClN5. The Hall–Kier alpha value is -2.01. The quantitative estimate of drug-likeness (QED) is 0.785. The fraction of sp³-hybridized carbons (Fsp3) is 0.286. The second kappa shape index (κ2) is 6.43. The first-order valence-electron chi connectivity index (χ1n) is 6.50. The highest BCUT2D eigenvalue weighted by molar-refractivity contribution is 6.31. The van der Waals surface area contributed by atoms with Crippen molar-refractivity contribution in [2.24, 2.45) is 0 Å². The van der Waals surface area contributed by atoms with Crippen LogP contribution in [0.15, 0.2) is 24.3 Å². The predicted octanol–water partition coefficient (Wildman–Crippen LogP) is 3.59. The number of nitrogens with zero attached hydrogens (tertiary/aromatic N) is 2. The van der Waals surface area contributed by atoms with Crippen molar-refractivity contribution in [3.05, 3.63) is 34.9 Å². The van der Waals surface area contributed by atoms with Crippen LogP contribution in [0.3, 0.4) is 0 Å². The minimum Gasteiger partial charge on any atom is -0.370 e. The minimum atomic E-state index is 0.230. The van der Waals surface area contributed by atoms with Crippen LogP contribution in [0.1, 0.15) is 18.9 Å². The van der Waals surface area contributed by atoms with Gasteiger partial charge in [0.1, 0.15) is 11.6 Å². The molecule has 20 heavy (non-hydrogen) atoms. The maximum absolute atomic E-state index is 6.10. The number of hydrogen-bond acceptors (Lipinski definition) is 5. The van der Waals surface area contributed by atoms with E-state index in [1.807, 2.05) is 31.2 Å². The first-order chi connectivity index (χ1) is 9.60. The first kappa shape index (κ1) is 14.4. The van der Waals surface area contributed by atoms with Gasteiger partial charge >= 0.3 is 0 Å². The van der Waals surface area contributed by atoms with E-state index in [-0.39, 0.29) is 5.95 Å². The van der Waals surface area contributed by atoms with Crippen molar-refractivity contribution in [1.29, 1.82) is 0 Å². The Labute approximate surface area is 123 Å². The van der Waals surface area contributed by atoms with Gasteiger partial charge < -0.3 is 16.4 Å². The zero-order valence-electron chi connectivity index (χ0n) is 11.6. The molecule has 2 aromatic rings. The Kier molecular flexibility index (Phi) is 4.63. The molecule has 0 aliphatic heterocycles. The Morgan fingerprint density at radius 3 is 2.75 bits per heavy atom. The normalized spacial score (nSPS) is 10.3. The standard InChI is InChI=1S/C14H18ClN5/c1-3-7-17-12-8-13(20-14(16)19-12)18-11-6-4-5-10(15)9(11)2/h4-6,8H,3,7H2,1-2H3,(H4,16,17,18,19,20). The lowest BCUT2D eigenvalue weighted by Crippen LogP contribution is -2.07. The number of anilines is 4. The molecule has 0 unspecified atom stereocenters. The number of nitrogens with one attached hydrogen (secondary N) is 2. The maximum Gasteiger partial charge on any atom is 0.223 e. The van der Waals surface area contributed by atoms with E-state index in [4.69, 9.17) is 17.3 Å². The summed E-state index contributed by atoms with van der Waals surface area (Å²) < 4.78 is 0. The highest BCUT2D eigenvalue weighted by Crippen LogP contribution is 2.26. The molecule has 0 aliphatic carbocycles. The van der Waals surface area contributed by atoms with E-state index in [2.05, 4.69) is 27.5 Å². The Balaban J connectivity index is 2.24. The van der Waals surface area contributed by atoms with Crippen LogP contribution in [0.5, 0.6) is 0 Å². The van der Waals surface area contributed by atoms with Crippen LogP contribution < -0.4 is 16.4 Å². The van der Waals surface area contributed by atoms with Gasteiger partial charge in [0.25, 0.3) is 0 Å². The third-order valence-electron chi connectivity index (χ3n) is 2.83. The molecule has 0 atom stereocenters. The smallest absolute Gasteiger partial charge is 0.223 e. The number of nitrogens with two attached hydrogens (primary N) is 1. The average Bonchev–Trinajstić information content (AvgIpc) is 2.41. The molecule has 1 aromatic carbocycles. The molecule has 0 radical (unpaired) electrons. The SMILES string of the molecule is CCCNc1cc(Nc2cccc(Cl)c2C)nc(N)n1. The van der Waals surface area contributed by atoms with Gasteiger partial charge in [-0.25, -0.2) is 0 Å². The summed E-state index contributed by atoms with van der Waals surface area (Å²) in [6.07, 6.45) is 1.01. The summed E-state index contributed by atoms with van der Waals surface area (Å²) in [6, 6.07) is 7.51. The van der Waals surface area contributed by atoms with Crippen LogP contribution in [0.4, 0.5) is 23.3 Å². The summed E-state index contributed by atoms with van der Waals surface area (Å²) in [4.78, 5) is 8.32. The van der Waals surface area contributed by atoms with Crippen molar-refractivity contribution in [2.45, 2.75) is 20.3 Å². The predicted molar refractivity (Wildman–Crippen MR) is 84.7 cm³/mol. The Bertz CT molecular complexity index is 600. The van der Waals surface area contributed by atoms with E-state index in [1.54, 1.807) is 0 Å². The van der Waals surface area contributed by atoms with Crippen molar-refractivity contribution in [3.63, 3.8) is 0 Å². The van der Waals surface area contributed by atoms with Crippen molar-refractivity contribution in [3.8, 4) is 0 Å². The molecule has 0 fully saturated rings. The number of halogens is 1. The maximum atomic E-state index is 6.10. The number of nitrogen functional groups attached to an aromatic ring is 1. The van der Waals surface area contributed by atoms with E-state index in [0.29, 0.717) is 16.7 Å². The lowest BCUT2D eigenvalue weighted by atomic mass is 10.2. The van der Waals surface area contributed by atoms with E-state index < -0.39 is 0 Å². The van der Waals surface area contributed by atoms with Gasteiger partial charge in [0.05, 0.1) is 0 Å². The number of rotatable bonds is 5. The number of benzene rings is 1. The molecule has 0 saturated carbocycles. The molecule has 106 valence electrons. The van der Waals surface area contributed by atoms with E-state index in [1.165, 1.54) is 0 Å². The molecule has 0 amide bonds. The van der Waals surface area contributed by atoms with Crippen LogP contribution >= 0.6 is 11.6 Å². The molecule has 1 heterocycles. The van der Waals surface area contributed by atoms with Gasteiger partial charge in [-0.05, 0) is 31.0 Å². The van der Waals surface area contributed by atoms with Crippen molar-refractivity contribution >= 4 is 34.9 Å². The lowest BCUT2D eigenvalue weighted by molar-refractivity contribution is 0.967. The number of hydrogen-bond donors (Lipinski definition) is 3. The van der Waals surface area contributed by atoms with E-state index >= 15 is 0 Å². The second-order valence-electron chi connectivity index (χ2n) is 4.46. The van der Waals surface area contributed by atoms with Crippen LogP contribution in [0, 0.1) is 6.92 Å². The third kappa shape index (κ3) is 3.51. The molecule has 2 rings (SSSR count). The molecule has 5 nitrogen and oxygen atoms in total.